The molecule has 0 radical (unpaired) electrons. The normalized spacial score (nSPS) is 11.2. The quantitative estimate of drug-likeness (QED) is 0.183. The van der Waals surface area contributed by atoms with Crippen LogP contribution in [-0.2, 0) is 16.6 Å². The summed E-state index contributed by atoms with van der Waals surface area (Å²) in [5.41, 5.74) is 5.68. The fourth-order valence-corrected chi connectivity index (χ4v) is 4.62. The lowest BCUT2D eigenvalue weighted by atomic mass is 10.1. The first-order valence-corrected chi connectivity index (χ1v) is 13.8. The zero-order chi connectivity index (χ0) is 30.6. The van der Waals surface area contributed by atoms with E-state index in [0.29, 0.717) is 23.0 Å². The number of para-hydroxylation sites is 1. The molecule has 10 heteroatoms. The Bertz CT molecular complexity index is 1620. The van der Waals surface area contributed by atoms with E-state index in [1.165, 1.54) is 12.3 Å². The fraction of sp³-hybridized carbons (Fsp3) is 0.312. The average Bonchev–Trinajstić information content (AvgIpc) is 3.29. The zero-order valence-corrected chi connectivity index (χ0v) is 25.4. The number of amides is 1. The number of carbonyl (C=O) groups is 2. The number of likely N-dealkylation sites (N-methyl/N-ethyl adjacent to an activating group) is 2. The third kappa shape index (κ3) is 6.77. The molecule has 4 rings (SSSR count). The Morgan fingerprint density at radius 3 is 2.55 bits per heavy atom. The molecule has 0 bridgehead atoms. The van der Waals surface area contributed by atoms with Crippen LogP contribution < -0.4 is 15.5 Å². The van der Waals surface area contributed by atoms with Crippen LogP contribution in [0.2, 0.25) is 0 Å². The highest BCUT2D eigenvalue weighted by Gasteiger charge is 2.22. The minimum Gasteiger partial charge on any atom is -0.459 e. The Kier molecular flexibility index (Phi) is 9.27. The number of aromatic nitrogens is 3. The molecule has 0 saturated heterocycles. The van der Waals surface area contributed by atoms with Gasteiger partial charge in [-0.15, -0.1) is 0 Å². The van der Waals surface area contributed by atoms with E-state index in [1.807, 2.05) is 82.3 Å². The lowest BCUT2D eigenvalue weighted by molar-refractivity contribution is -0.111. The summed E-state index contributed by atoms with van der Waals surface area (Å²) in [6.45, 7) is 10.8. The topological polar surface area (TPSA) is 105 Å². The summed E-state index contributed by atoms with van der Waals surface area (Å²) < 4.78 is 7.53. The van der Waals surface area contributed by atoms with E-state index in [-0.39, 0.29) is 17.6 Å². The van der Waals surface area contributed by atoms with Gasteiger partial charge in [-0.3, -0.25) is 4.79 Å². The van der Waals surface area contributed by atoms with E-state index < -0.39 is 5.97 Å². The smallest absolute Gasteiger partial charge is 0.342 e. The highest BCUT2D eigenvalue weighted by molar-refractivity contribution is 6.03. The number of nitrogens with one attached hydrogen (secondary N) is 2. The zero-order valence-electron chi connectivity index (χ0n) is 25.4. The Morgan fingerprint density at radius 2 is 1.86 bits per heavy atom. The second-order valence-electron chi connectivity index (χ2n) is 10.8. The Morgan fingerprint density at radius 1 is 1.12 bits per heavy atom. The van der Waals surface area contributed by atoms with Gasteiger partial charge in [-0.1, -0.05) is 24.8 Å². The molecule has 10 nitrogen and oxygen atoms in total. The van der Waals surface area contributed by atoms with Crippen molar-refractivity contribution in [2.75, 3.05) is 49.8 Å². The molecule has 0 saturated carbocycles. The number of aryl methyl sites for hydroxylation is 2. The van der Waals surface area contributed by atoms with Crippen molar-refractivity contribution >= 4 is 45.8 Å². The molecule has 220 valence electrons. The molecule has 0 unspecified atom stereocenters. The largest absolute Gasteiger partial charge is 0.459 e. The molecular formula is C32H39N7O3. The molecule has 4 aromatic rings. The van der Waals surface area contributed by atoms with Gasteiger partial charge in [-0.2, -0.15) is 0 Å². The lowest BCUT2D eigenvalue weighted by Gasteiger charge is -2.25. The van der Waals surface area contributed by atoms with Gasteiger partial charge in [0.05, 0.1) is 23.2 Å². The van der Waals surface area contributed by atoms with Crippen molar-refractivity contribution in [3.63, 3.8) is 0 Å². The van der Waals surface area contributed by atoms with Crippen molar-refractivity contribution < 1.29 is 14.3 Å². The van der Waals surface area contributed by atoms with Gasteiger partial charge in [-0.05, 0) is 64.7 Å². The Hall–Kier alpha value is -4.70. The molecule has 2 N–H and O–H groups in total. The predicted molar refractivity (Wildman–Crippen MR) is 170 cm³/mol. The van der Waals surface area contributed by atoms with Crippen LogP contribution in [0.15, 0.2) is 61.4 Å². The van der Waals surface area contributed by atoms with E-state index in [2.05, 4.69) is 32.0 Å². The van der Waals surface area contributed by atoms with Crippen molar-refractivity contribution in [3.8, 4) is 11.3 Å². The molecular weight excluding hydrogens is 530 g/mol. The summed E-state index contributed by atoms with van der Waals surface area (Å²) in [5.74, 6) is -0.499. The molecule has 0 atom stereocenters. The summed E-state index contributed by atoms with van der Waals surface area (Å²) in [4.78, 5) is 38.9. The number of esters is 1. The third-order valence-corrected chi connectivity index (χ3v) is 6.83. The number of fused-ring (bicyclic) bond motifs is 1. The summed E-state index contributed by atoms with van der Waals surface area (Å²) >= 11 is 0. The van der Waals surface area contributed by atoms with E-state index in [0.717, 1.165) is 40.8 Å². The minimum absolute atomic E-state index is 0.277. The first kappa shape index (κ1) is 30.3. The maximum atomic E-state index is 13.1. The van der Waals surface area contributed by atoms with Gasteiger partial charge in [-0.25, -0.2) is 14.8 Å². The van der Waals surface area contributed by atoms with E-state index in [1.54, 1.807) is 13.8 Å². The maximum absolute atomic E-state index is 13.1. The SMILES string of the molecule is C=CC(=O)Nc1cc(Nc2ncc(C(=O)OC(C)C)c(-c3cn(C)c4ccccc34)n2)c(C)cc1N(C)CCN(C)C. The monoisotopic (exact) mass is 569 g/mol. The predicted octanol–water partition coefficient (Wildman–Crippen LogP) is 5.37. The molecule has 0 aliphatic rings. The van der Waals surface area contributed by atoms with Crippen LogP contribution >= 0.6 is 0 Å². The number of carbonyl (C=O) groups excluding carboxylic acids is 2. The fourth-order valence-electron chi connectivity index (χ4n) is 4.62. The van der Waals surface area contributed by atoms with Crippen LogP contribution in [0.25, 0.3) is 22.2 Å². The highest BCUT2D eigenvalue weighted by atomic mass is 16.5. The summed E-state index contributed by atoms with van der Waals surface area (Å²) in [5, 5.41) is 7.19. The van der Waals surface area contributed by atoms with Gasteiger partial charge < -0.3 is 29.7 Å². The molecule has 0 spiro atoms. The number of hydrogen-bond acceptors (Lipinski definition) is 8. The van der Waals surface area contributed by atoms with Crippen LogP contribution in [0.4, 0.5) is 23.0 Å². The molecule has 0 fully saturated rings. The maximum Gasteiger partial charge on any atom is 0.342 e. The van der Waals surface area contributed by atoms with Crippen LogP contribution in [0, 0.1) is 6.92 Å². The van der Waals surface area contributed by atoms with Gasteiger partial charge >= 0.3 is 5.97 Å². The number of nitrogens with zero attached hydrogens (tertiary/aromatic N) is 5. The number of rotatable bonds is 11. The molecule has 0 aliphatic carbocycles. The summed E-state index contributed by atoms with van der Waals surface area (Å²) in [7, 11) is 7.99. The second kappa shape index (κ2) is 12.9. The standard InChI is InChI=1S/C32H39N7O3/c1-9-29(40)34-26-17-25(21(4)16-28(26)38(7)15-14-37(5)6)35-32-33-18-23(31(41)42-20(2)3)30(36-32)24-19-39(8)27-13-11-10-12-22(24)27/h9-13,16-20H,1,14-15H2,2-8H3,(H,34,40)(H,33,35,36). The minimum atomic E-state index is -0.491. The summed E-state index contributed by atoms with van der Waals surface area (Å²) in [6.07, 6.45) is 4.40. The van der Waals surface area contributed by atoms with Crippen molar-refractivity contribution in [2.45, 2.75) is 26.9 Å². The number of anilines is 4. The lowest BCUT2D eigenvalue weighted by Crippen LogP contribution is -2.29. The highest BCUT2D eigenvalue weighted by Crippen LogP contribution is 2.35. The van der Waals surface area contributed by atoms with Crippen LogP contribution in [-0.4, -0.2) is 71.6 Å². The van der Waals surface area contributed by atoms with Gasteiger partial charge in [0.1, 0.15) is 5.56 Å². The molecule has 0 aliphatic heterocycles. The van der Waals surface area contributed by atoms with Gasteiger partial charge in [0, 0.05) is 61.7 Å². The second-order valence-corrected chi connectivity index (χ2v) is 10.8. The van der Waals surface area contributed by atoms with Gasteiger partial charge in [0.15, 0.2) is 0 Å². The van der Waals surface area contributed by atoms with Gasteiger partial charge in [0.25, 0.3) is 0 Å². The first-order chi connectivity index (χ1) is 20.0. The van der Waals surface area contributed by atoms with Crippen LogP contribution in [0.5, 0.6) is 0 Å². The first-order valence-electron chi connectivity index (χ1n) is 13.8. The number of ether oxygens (including phenoxy) is 1. The molecule has 1 amide bonds. The number of benzene rings is 2. The van der Waals surface area contributed by atoms with E-state index >= 15 is 0 Å². The van der Waals surface area contributed by atoms with Crippen LogP contribution in [0.1, 0.15) is 29.8 Å². The Balaban J connectivity index is 1.79. The molecule has 42 heavy (non-hydrogen) atoms. The van der Waals surface area contributed by atoms with Crippen molar-refractivity contribution in [1.82, 2.24) is 19.4 Å². The van der Waals surface area contributed by atoms with Crippen LogP contribution in [0.3, 0.4) is 0 Å². The summed E-state index contributed by atoms with van der Waals surface area (Å²) in [6, 6.07) is 11.8. The van der Waals surface area contributed by atoms with Crippen molar-refractivity contribution in [1.29, 1.82) is 0 Å². The molecule has 2 heterocycles. The van der Waals surface area contributed by atoms with E-state index in [4.69, 9.17) is 9.72 Å². The van der Waals surface area contributed by atoms with Crippen molar-refractivity contribution in [3.05, 3.63) is 72.6 Å². The average molecular weight is 570 g/mol. The van der Waals surface area contributed by atoms with E-state index in [9.17, 15) is 9.59 Å². The number of hydrogen-bond donors (Lipinski definition) is 2. The molecule has 2 aromatic carbocycles. The Labute approximate surface area is 247 Å². The molecule has 2 aromatic heterocycles. The van der Waals surface area contributed by atoms with Crippen molar-refractivity contribution in [2.24, 2.45) is 7.05 Å². The third-order valence-electron chi connectivity index (χ3n) is 6.83. The van der Waals surface area contributed by atoms with Gasteiger partial charge in [0.2, 0.25) is 11.9 Å².